The molecule has 0 aliphatic carbocycles. The van der Waals surface area contributed by atoms with Crippen LogP contribution in [0.5, 0.6) is 0 Å². The predicted molar refractivity (Wildman–Crippen MR) is 66.9 cm³/mol. The van der Waals surface area contributed by atoms with E-state index in [1.165, 1.54) is 25.3 Å². The van der Waals surface area contributed by atoms with E-state index in [-0.39, 0.29) is 17.9 Å². The number of nitrogens with one attached hydrogen (secondary N) is 1. The van der Waals surface area contributed by atoms with Crippen molar-refractivity contribution in [2.24, 2.45) is 0 Å². The number of nitrogens with zero attached hydrogens (tertiary/aromatic N) is 2. The lowest BCUT2D eigenvalue weighted by Crippen LogP contribution is -2.49. The molecule has 2 amide bonds. The third-order valence-corrected chi connectivity index (χ3v) is 3.09. The Hall–Kier alpha value is -1.98. The van der Waals surface area contributed by atoms with E-state index in [1.807, 2.05) is 0 Å². The number of pyridine rings is 1. The van der Waals surface area contributed by atoms with Gasteiger partial charge in [0.15, 0.2) is 0 Å². The SMILES string of the molecule is CC(=O)NC1CCCN(C(=O)c2ccc(F)nc2)C1. The highest BCUT2D eigenvalue weighted by molar-refractivity contribution is 5.94. The second kappa shape index (κ2) is 5.77. The summed E-state index contributed by atoms with van der Waals surface area (Å²) in [4.78, 5) is 28.4. The normalized spacial score (nSPS) is 19.1. The predicted octanol–water partition coefficient (Wildman–Crippen LogP) is 0.961. The van der Waals surface area contributed by atoms with Gasteiger partial charge in [0, 0.05) is 32.3 Å². The zero-order chi connectivity index (χ0) is 13.8. The Morgan fingerprint density at radius 2 is 2.26 bits per heavy atom. The van der Waals surface area contributed by atoms with Gasteiger partial charge in [-0.05, 0) is 25.0 Å². The zero-order valence-corrected chi connectivity index (χ0v) is 10.7. The Morgan fingerprint density at radius 3 is 2.89 bits per heavy atom. The molecule has 0 radical (unpaired) electrons. The van der Waals surface area contributed by atoms with E-state index in [2.05, 4.69) is 10.3 Å². The Morgan fingerprint density at radius 1 is 1.47 bits per heavy atom. The largest absolute Gasteiger partial charge is 0.352 e. The van der Waals surface area contributed by atoms with Crippen molar-refractivity contribution in [2.45, 2.75) is 25.8 Å². The molecule has 1 aromatic rings. The van der Waals surface area contributed by atoms with E-state index in [1.54, 1.807) is 4.90 Å². The molecule has 1 N–H and O–H groups in total. The van der Waals surface area contributed by atoms with Gasteiger partial charge in [-0.1, -0.05) is 0 Å². The van der Waals surface area contributed by atoms with Crippen LogP contribution >= 0.6 is 0 Å². The van der Waals surface area contributed by atoms with Crippen LogP contribution in [-0.2, 0) is 4.79 Å². The topological polar surface area (TPSA) is 62.3 Å². The molecule has 102 valence electrons. The molecule has 1 aromatic heterocycles. The van der Waals surface area contributed by atoms with Crippen LogP contribution in [0, 0.1) is 5.95 Å². The first-order valence-electron chi connectivity index (χ1n) is 6.24. The van der Waals surface area contributed by atoms with Crippen LogP contribution in [0.4, 0.5) is 4.39 Å². The standard InChI is InChI=1S/C13H16FN3O2/c1-9(18)16-11-3-2-6-17(8-11)13(19)10-4-5-12(14)15-7-10/h4-5,7,11H,2-3,6,8H2,1H3,(H,16,18). The van der Waals surface area contributed by atoms with Crippen molar-refractivity contribution in [3.63, 3.8) is 0 Å². The molecule has 5 nitrogen and oxygen atoms in total. The maximum atomic E-state index is 12.7. The third-order valence-electron chi connectivity index (χ3n) is 3.09. The van der Waals surface area contributed by atoms with E-state index in [0.717, 1.165) is 12.8 Å². The van der Waals surface area contributed by atoms with Crippen molar-refractivity contribution >= 4 is 11.8 Å². The zero-order valence-electron chi connectivity index (χ0n) is 10.7. The molecule has 1 fully saturated rings. The summed E-state index contributed by atoms with van der Waals surface area (Å²) >= 11 is 0. The Labute approximate surface area is 110 Å². The van der Waals surface area contributed by atoms with Gasteiger partial charge in [0.25, 0.3) is 5.91 Å². The summed E-state index contributed by atoms with van der Waals surface area (Å²) in [7, 11) is 0. The van der Waals surface area contributed by atoms with Crippen LogP contribution in [0.2, 0.25) is 0 Å². The summed E-state index contributed by atoms with van der Waals surface area (Å²) in [6, 6.07) is 2.58. The average molecular weight is 265 g/mol. The number of amides is 2. The minimum Gasteiger partial charge on any atom is -0.352 e. The lowest BCUT2D eigenvalue weighted by molar-refractivity contribution is -0.120. The number of piperidine rings is 1. The van der Waals surface area contributed by atoms with Crippen LogP contribution in [0.3, 0.4) is 0 Å². The Balaban J connectivity index is 2.02. The van der Waals surface area contributed by atoms with E-state index in [0.29, 0.717) is 18.7 Å². The van der Waals surface area contributed by atoms with Gasteiger partial charge >= 0.3 is 0 Å². The van der Waals surface area contributed by atoms with Gasteiger partial charge in [0.05, 0.1) is 5.56 Å². The van der Waals surface area contributed by atoms with Crippen LogP contribution in [0.15, 0.2) is 18.3 Å². The van der Waals surface area contributed by atoms with Crippen LogP contribution < -0.4 is 5.32 Å². The fourth-order valence-corrected chi connectivity index (χ4v) is 2.25. The molecule has 0 bridgehead atoms. The fraction of sp³-hybridized carbons (Fsp3) is 0.462. The summed E-state index contributed by atoms with van der Waals surface area (Å²) in [6.07, 6.45) is 2.94. The highest BCUT2D eigenvalue weighted by atomic mass is 19.1. The minimum absolute atomic E-state index is 0.0105. The molecule has 1 aliphatic heterocycles. The molecule has 19 heavy (non-hydrogen) atoms. The van der Waals surface area contributed by atoms with Crippen molar-refractivity contribution in [1.29, 1.82) is 0 Å². The number of hydrogen-bond acceptors (Lipinski definition) is 3. The third kappa shape index (κ3) is 3.49. The number of halogens is 1. The Kier molecular flexibility index (Phi) is 4.09. The van der Waals surface area contributed by atoms with Crippen LogP contribution in [0.1, 0.15) is 30.1 Å². The molecule has 6 heteroatoms. The molecule has 1 unspecified atom stereocenters. The number of rotatable bonds is 2. The van der Waals surface area contributed by atoms with Gasteiger partial charge in [-0.3, -0.25) is 9.59 Å². The molecule has 2 rings (SSSR count). The molecule has 1 atom stereocenters. The average Bonchev–Trinajstić information content (AvgIpc) is 2.38. The molecular formula is C13H16FN3O2. The molecule has 2 heterocycles. The summed E-state index contributed by atoms with van der Waals surface area (Å²) < 4.78 is 12.7. The van der Waals surface area contributed by atoms with Gasteiger partial charge in [0.2, 0.25) is 11.9 Å². The minimum atomic E-state index is -0.605. The lowest BCUT2D eigenvalue weighted by atomic mass is 10.0. The second-order valence-corrected chi connectivity index (χ2v) is 4.66. The van der Waals surface area contributed by atoms with Gasteiger partial charge in [-0.15, -0.1) is 0 Å². The first-order valence-corrected chi connectivity index (χ1v) is 6.24. The monoisotopic (exact) mass is 265 g/mol. The van der Waals surface area contributed by atoms with Crippen LogP contribution in [0.25, 0.3) is 0 Å². The second-order valence-electron chi connectivity index (χ2n) is 4.66. The van der Waals surface area contributed by atoms with E-state index in [9.17, 15) is 14.0 Å². The summed E-state index contributed by atoms with van der Waals surface area (Å²) in [5.74, 6) is -0.878. The maximum Gasteiger partial charge on any atom is 0.255 e. The van der Waals surface area contributed by atoms with E-state index < -0.39 is 5.95 Å². The number of carbonyl (C=O) groups excluding carboxylic acids is 2. The molecule has 1 saturated heterocycles. The lowest BCUT2D eigenvalue weighted by Gasteiger charge is -2.33. The van der Waals surface area contributed by atoms with Crippen molar-refractivity contribution in [2.75, 3.05) is 13.1 Å². The van der Waals surface area contributed by atoms with Gasteiger partial charge in [-0.2, -0.15) is 4.39 Å². The first-order chi connectivity index (χ1) is 9.06. The maximum absolute atomic E-state index is 12.7. The smallest absolute Gasteiger partial charge is 0.255 e. The molecule has 0 saturated carbocycles. The number of aromatic nitrogens is 1. The number of hydrogen-bond donors (Lipinski definition) is 1. The van der Waals surface area contributed by atoms with E-state index >= 15 is 0 Å². The molecule has 0 aromatic carbocycles. The Bertz CT molecular complexity index is 475. The van der Waals surface area contributed by atoms with Crippen molar-refractivity contribution < 1.29 is 14.0 Å². The molecule has 0 spiro atoms. The quantitative estimate of drug-likeness (QED) is 0.810. The highest BCUT2D eigenvalue weighted by Gasteiger charge is 2.24. The van der Waals surface area contributed by atoms with Gasteiger partial charge in [-0.25, -0.2) is 4.98 Å². The highest BCUT2D eigenvalue weighted by Crippen LogP contribution is 2.13. The van der Waals surface area contributed by atoms with Gasteiger partial charge < -0.3 is 10.2 Å². The van der Waals surface area contributed by atoms with Crippen molar-refractivity contribution in [3.8, 4) is 0 Å². The first kappa shape index (κ1) is 13.5. The van der Waals surface area contributed by atoms with Crippen molar-refractivity contribution in [3.05, 3.63) is 29.8 Å². The summed E-state index contributed by atoms with van der Waals surface area (Å²) in [5.41, 5.74) is 0.366. The number of carbonyl (C=O) groups is 2. The van der Waals surface area contributed by atoms with Crippen molar-refractivity contribution in [1.82, 2.24) is 15.2 Å². The molecular weight excluding hydrogens is 249 g/mol. The fourth-order valence-electron chi connectivity index (χ4n) is 2.25. The summed E-state index contributed by atoms with van der Waals surface area (Å²) in [5, 5.41) is 2.82. The van der Waals surface area contributed by atoms with E-state index in [4.69, 9.17) is 0 Å². The van der Waals surface area contributed by atoms with Gasteiger partial charge in [0.1, 0.15) is 0 Å². The molecule has 1 aliphatic rings. The summed E-state index contributed by atoms with van der Waals surface area (Å²) in [6.45, 7) is 2.59. The van der Waals surface area contributed by atoms with Crippen LogP contribution in [-0.4, -0.2) is 40.8 Å². The number of likely N-dealkylation sites (tertiary alicyclic amines) is 1.